The molecular weight excluding hydrogens is 328 g/mol. The second-order valence-electron chi connectivity index (χ2n) is 6.56. The maximum Gasteiger partial charge on any atom is 0.262 e. The van der Waals surface area contributed by atoms with Crippen LogP contribution in [0.25, 0.3) is 6.08 Å². The van der Waals surface area contributed by atoms with Gasteiger partial charge in [0.05, 0.1) is 12.2 Å². The molecule has 0 N–H and O–H groups in total. The van der Waals surface area contributed by atoms with Crippen LogP contribution in [-0.2, 0) is 4.79 Å². The van der Waals surface area contributed by atoms with E-state index in [1.54, 1.807) is 4.90 Å². The van der Waals surface area contributed by atoms with Gasteiger partial charge >= 0.3 is 0 Å². The molecule has 4 heteroatoms. The maximum atomic E-state index is 13.1. The SMILES string of the molecule is Cc1ccc(/C=C2\CN(C(C)C)C(=S)N(c3ccccc3)C2=O)cc1. The number of hydrogen-bond donors (Lipinski definition) is 0. The molecule has 0 aliphatic carbocycles. The second-order valence-corrected chi connectivity index (χ2v) is 6.93. The molecule has 1 fully saturated rings. The highest BCUT2D eigenvalue weighted by Gasteiger charge is 2.34. The molecule has 0 atom stereocenters. The van der Waals surface area contributed by atoms with Gasteiger partial charge in [0.15, 0.2) is 5.11 Å². The molecule has 1 amide bonds. The summed E-state index contributed by atoms with van der Waals surface area (Å²) in [7, 11) is 0. The van der Waals surface area contributed by atoms with Crippen LogP contribution in [0.5, 0.6) is 0 Å². The molecule has 0 unspecified atom stereocenters. The van der Waals surface area contributed by atoms with Gasteiger partial charge in [0, 0.05) is 11.6 Å². The van der Waals surface area contributed by atoms with Crippen molar-refractivity contribution in [3.63, 3.8) is 0 Å². The van der Waals surface area contributed by atoms with Crippen molar-refractivity contribution in [1.29, 1.82) is 0 Å². The van der Waals surface area contributed by atoms with Gasteiger partial charge in [-0.25, -0.2) is 0 Å². The Bertz CT molecular complexity index is 810. The quantitative estimate of drug-likeness (QED) is 0.605. The maximum absolute atomic E-state index is 13.1. The molecule has 2 aromatic carbocycles. The van der Waals surface area contributed by atoms with Gasteiger partial charge in [0.2, 0.25) is 0 Å². The van der Waals surface area contributed by atoms with E-state index < -0.39 is 0 Å². The predicted molar refractivity (Wildman–Crippen MR) is 108 cm³/mol. The summed E-state index contributed by atoms with van der Waals surface area (Å²) < 4.78 is 0. The molecule has 0 aromatic heterocycles. The molecule has 1 aliphatic heterocycles. The minimum absolute atomic E-state index is 0.0475. The lowest BCUT2D eigenvalue weighted by molar-refractivity contribution is -0.115. The average Bonchev–Trinajstić information content (AvgIpc) is 2.60. The molecule has 3 nitrogen and oxygen atoms in total. The van der Waals surface area contributed by atoms with E-state index in [1.807, 2.05) is 48.5 Å². The van der Waals surface area contributed by atoms with Gasteiger partial charge in [0.1, 0.15) is 0 Å². The highest BCUT2D eigenvalue weighted by Crippen LogP contribution is 2.26. The summed E-state index contributed by atoms with van der Waals surface area (Å²) in [5.41, 5.74) is 3.78. The highest BCUT2D eigenvalue weighted by atomic mass is 32.1. The summed E-state index contributed by atoms with van der Waals surface area (Å²) >= 11 is 5.62. The third-order valence-electron chi connectivity index (χ3n) is 4.31. The van der Waals surface area contributed by atoms with E-state index in [1.165, 1.54) is 5.56 Å². The number of hydrogen-bond acceptors (Lipinski definition) is 2. The van der Waals surface area contributed by atoms with Crippen molar-refractivity contribution in [1.82, 2.24) is 4.90 Å². The topological polar surface area (TPSA) is 23.6 Å². The van der Waals surface area contributed by atoms with E-state index in [0.717, 1.165) is 16.8 Å². The third-order valence-corrected chi connectivity index (χ3v) is 4.73. The van der Waals surface area contributed by atoms with Crippen molar-refractivity contribution in [2.75, 3.05) is 11.4 Å². The van der Waals surface area contributed by atoms with Gasteiger partial charge in [-0.15, -0.1) is 0 Å². The fraction of sp³-hybridized carbons (Fsp3) is 0.238. The normalized spacial score (nSPS) is 16.9. The Labute approximate surface area is 154 Å². The Morgan fingerprint density at radius 3 is 2.28 bits per heavy atom. The van der Waals surface area contributed by atoms with Gasteiger partial charge in [-0.3, -0.25) is 9.69 Å². The third kappa shape index (κ3) is 3.64. The van der Waals surface area contributed by atoms with Gasteiger partial charge in [-0.05, 0) is 56.8 Å². The molecule has 1 aliphatic rings. The minimum Gasteiger partial charge on any atom is -0.342 e. The van der Waals surface area contributed by atoms with Crippen LogP contribution in [0.3, 0.4) is 0 Å². The zero-order valence-corrected chi connectivity index (χ0v) is 15.6. The first-order chi connectivity index (χ1) is 12.0. The minimum atomic E-state index is -0.0475. The zero-order chi connectivity index (χ0) is 18.0. The van der Waals surface area contributed by atoms with Crippen LogP contribution in [0.15, 0.2) is 60.2 Å². The molecule has 3 rings (SSSR count). The van der Waals surface area contributed by atoms with Gasteiger partial charge in [0.25, 0.3) is 5.91 Å². The Morgan fingerprint density at radius 1 is 1.04 bits per heavy atom. The summed E-state index contributed by atoms with van der Waals surface area (Å²) in [5, 5.41) is 0.562. The smallest absolute Gasteiger partial charge is 0.262 e. The summed E-state index contributed by atoms with van der Waals surface area (Å²) in [5.74, 6) is -0.0475. The number of nitrogens with zero attached hydrogens (tertiary/aromatic N) is 2. The summed E-state index contributed by atoms with van der Waals surface area (Å²) in [4.78, 5) is 16.8. The first-order valence-electron chi connectivity index (χ1n) is 8.44. The lowest BCUT2D eigenvalue weighted by Crippen LogP contribution is -2.55. The van der Waals surface area contributed by atoms with Crippen molar-refractivity contribution in [3.8, 4) is 0 Å². The monoisotopic (exact) mass is 350 g/mol. The molecule has 0 radical (unpaired) electrons. The molecule has 1 saturated heterocycles. The van der Waals surface area contributed by atoms with Crippen LogP contribution in [0.4, 0.5) is 5.69 Å². The second kappa shape index (κ2) is 7.19. The first kappa shape index (κ1) is 17.4. The van der Waals surface area contributed by atoms with Crippen LogP contribution < -0.4 is 4.90 Å². The zero-order valence-electron chi connectivity index (χ0n) is 14.8. The van der Waals surface area contributed by atoms with Crippen molar-refractivity contribution >= 4 is 35.0 Å². The Kier molecular flexibility index (Phi) is 5.00. The largest absolute Gasteiger partial charge is 0.342 e. The molecule has 0 spiro atoms. The fourth-order valence-corrected chi connectivity index (χ4v) is 3.32. The van der Waals surface area contributed by atoms with Gasteiger partial charge in [-0.1, -0.05) is 48.0 Å². The van der Waals surface area contributed by atoms with E-state index in [4.69, 9.17) is 12.2 Å². The van der Waals surface area contributed by atoms with E-state index in [2.05, 4.69) is 37.8 Å². The number of aryl methyl sites for hydroxylation is 1. The van der Waals surface area contributed by atoms with Crippen LogP contribution in [0.1, 0.15) is 25.0 Å². The molecule has 0 saturated carbocycles. The predicted octanol–water partition coefficient (Wildman–Crippen LogP) is 4.42. The number of para-hydroxylation sites is 1. The van der Waals surface area contributed by atoms with Crippen molar-refractivity contribution < 1.29 is 4.79 Å². The van der Waals surface area contributed by atoms with E-state index in [0.29, 0.717) is 11.7 Å². The lowest BCUT2D eigenvalue weighted by Gasteiger charge is -2.40. The van der Waals surface area contributed by atoms with Crippen molar-refractivity contribution in [2.24, 2.45) is 0 Å². The Hall–Kier alpha value is -2.46. The summed E-state index contributed by atoms with van der Waals surface area (Å²) in [6.45, 7) is 6.77. The van der Waals surface area contributed by atoms with E-state index in [-0.39, 0.29) is 11.9 Å². The Balaban J connectivity index is 2.02. The van der Waals surface area contributed by atoms with Crippen LogP contribution >= 0.6 is 12.2 Å². The number of amides is 1. The van der Waals surface area contributed by atoms with Crippen LogP contribution in [0.2, 0.25) is 0 Å². The standard InChI is InChI=1S/C21H22N2OS/c1-15(2)22-14-18(13-17-11-9-16(3)10-12-17)20(24)23(21(22)25)19-7-5-4-6-8-19/h4-13,15H,14H2,1-3H3/b18-13+. The highest BCUT2D eigenvalue weighted by molar-refractivity contribution is 7.80. The summed E-state index contributed by atoms with van der Waals surface area (Å²) in [6, 6.07) is 18.0. The van der Waals surface area contributed by atoms with Crippen LogP contribution in [-0.4, -0.2) is 28.5 Å². The van der Waals surface area contributed by atoms with Gasteiger partial charge < -0.3 is 4.90 Å². The van der Waals surface area contributed by atoms with Crippen LogP contribution in [0, 0.1) is 6.92 Å². The summed E-state index contributed by atoms with van der Waals surface area (Å²) in [6.07, 6.45) is 1.97. The Morgan fingerprint density at radius 2 is 1.68 bits per heavy atom. The number of anilines is 1. The van der Waals surface area contributed by atoms with E-state index in [9.17, 15) is 4.79 Å². The number of rotatable bonds is 3. The number of carbonyl (C=O) groups is 1. The fourth-order valence-electron chi connectivity index (χ4n) is 2.86. The molecular formula is C21H22N2OS. The number of benzene rings is 2. The molecule has 2 aromatic rings. The first-order valence-corrected chi connectivity index (χ1v) is 8.85. The number of carbonyl (C=O) groups excluding carboxylic acids is 1. The molecule has 1 heterocycles. The van der Waals surface area contributed by atoms with Crippen molar-refractivity contribution in [2.45, 2.75) is 26.8 Å². The van der Waals surface area contributed by atoms with Crippen molar-refractivity contribution in [3.05, 3.63) is 71.3 Å². The average molecular weight is 350 g/mol. The lowest BCUT2D eigenvalue weighted by atomic mass is 10.0. The molecule has 128 valence electrons. The van der Waals surface area contributed by atoms with Gasteiger partial charge in [-0.2, -0.15) is 0 Å². The van der Waals surface area contributed by atoms with E-state index >= 15 is 0 Å². The number of thiocarbonyl (C=S) groups is 1. The molecule has 25 heavy (non-hydrogen) atoms. The molecule has 0 bridgehead atoms.